The number of aromatic nitrogens is 3. The Bertz CT molecular complexity index is 554. The van der Waals surface area contributed by atoms with Crippen LogP contribution >= 0.6 is 27.5 Å². The number of halogens is 3. The highest BCUT2D eigenvalue weighted by Gasteiger charge is 2.21. The monoisotopic (exact) mass is 333 g/mol. The molecular formula is C10H10BrClFN5. The summed E-state index contributed by atoms with van der Waals surface area (Å²) in [6.45, 7) is 0. The molecule has 0 radical (unpaired) electrons. The number of nitrogens with two attached hydrogens (primary N) is 1. The van der Waals surface area contributed by atoms with E-state index >= 15 is 0 Å². The van der Waals surface area contributed by atoms with Crippen LogP contribution in [-0.4, -0.2) is 15.0 Å². The summed E-state index contributed by atoms with van der Waals surface area (Å²) in [6.07, 6.45) is 0. The fourth-order valence-electron chi connectivity index (χ4n) is 1.67. The molecule has 0 aliphatic rings. The van der Waals surface area contributed by atoms with E-state index in [1.165, 1.54) is 12.1 Å². The number of aryl methyl sites for hydroxylation is 1. The molecular weight excluding hydrogens is 325 g/mol. The molecule has 0 amide bonds. The Morgan fingerprint density at radius 2 is 2.28 bits per heavy atom. The smallest absolute Gasteiger partial charge is 0.153 e. The maximum Gasteiger partial charge on any atom is 0.153 e. The van der Waals surface area contributed by atoms with Crippen molar-refractivity contribution in [1.82, 2.24) is 20.4 Å². The zero-order chi connectivity index (χ0) is 13.3. The Morgan fingerprint density at radius 3 is 2.78 bits per heavy atom. The number of hydrogen-bond donors (Lipinski definition) is 2. The van der Waals surface area contributed by atoms with Gasteiger partial charge >= 0.3 is 0 Å². The van der Waals surface area contributed by atoms with Gasteiger partial charge in [0.05, 0.1) is 16.8 Å². The van der Waals surface area contributed by atoms with Crippen LogP contribution in [0.4, 0.5) is 4.39 Å². The molecule has 1 atom stereocenters. The van der Waals surface area contributed by atoms with Crippen molar-refractivity contribution in [1.29, 1.82) is 0 Å². The molecule has 0 saturated heterocycles. The zero-order valence-electron chi connectivity index (χ0n) is 9.36. The molecule has 3 N–H and O–H groups in total. The molecule has 1 unspecified atom stereocenters. The van der Waals surface area contributed by atoms with Gasteiger partial charge in [-0.05, 0) is 33.6 Å². The van der Waals surface area contributed by atoms with E-state index in [9.17, 15) is 4.39 Å². The van der Waals surface area contributed by atoms with Crippen molar-refractivity contribution in [2.45, 2.75) is 6.04 Å². The molecule has 2 rings (SSSR count). The third-order valence-corrected chi connectivity index (χ3v) is 3.40. The van der Waals surface area contributed by atoms with Crippen LogP contribution in [0.2, 0.25) is 5.02 Å². The number of hydrazine groups is 1. The third kappa shape index (κ3) is 2.39. The standard InChI is InChI=1S/C10H10BrClFN5/c1-18-9(10(11)16-17-18)8(15-14)5-2-3-7(13)6(12)4-5/h2-4,8,15H,14H2,1H3. The van der Waals surface area contributed by atoms with Crippen LogP contribution in [0.1, 0.15) is 17.3 Å². The van der Waals surface area contributed by atoms with Gasteiger partial charge in [-0.25, -0.2) is 14.5 Å². The summed E-state index contributed by atoms with van der Waals surface area (Å²) < 4.78 is 15.3. The molecule has 18 heavy (non-hydrogen) atoms. The largest absolute Gasteiger partial charge is 0.271 e. The third-order valence-electron chi connectivity index (χ3n) is 2.54. The number of nitrogens with zero attached hydrogens (tertiary/aromatic N) is 3. The van der Waals surface area contributed by atoms with Gasteiger partial charge in [0.15, 0.2) is 4.60 Å². The highest BCUT2D eigenvalue weighted by molar-refractivity contribution is 9.10. The maximum atomic E-state index is 13.1. The van der Waals surface area contributed by atoms with E-state index in [4.69, 9.17) is 17.4 Å². The quantitative estimate of drug-likeness (QED) is 0.665. The van der Waals surface area contributed by atoms with Crippen molar-refractivity contribution >= 4 is 27.5 Å². The maximum absolute atomic E-state index is 13.1. The zero-order valence-corrected chi connectivity index (χ0v) is 11.7. The van der Waals surface area contributed by atoms with Gasteiger partial charge in [0.2, 0.25) is 0 Å². The first-order valence-electron chi connectivity index (χ1n) is 5.00. The van der Waals surface area contributed by atoms with Crippen molar-refractivity contribution in [3.63, 3.8) is 0 Å². The van der Waals surface area contributed by atoms with Gasteiger partial charge in [-0.2, -0.15) is 0 Å². The average molecular weight is 335 g/mol. The molecule has 0 spiro atoms. The highest BCUT2D eigenvalue weighted by atomic mass is 79.9. The molecule has 8 heteroatoms. The van der Waals surface area contributed by atoms with Gasteiger partial charge < -0.3 is 0 Å². The van der Waals surface area contributed by atoms with Crippen LogP contribution in [0.25, 0.3) is 0 Å². The lowest BCUT2D eigenvalue weighted by atomic mass is 10.0. The number of rotatable bonds is 3. The van der Waals surface area contributed by atoms with Crippen LogP contribution in [0.5, 0.6) is 0 Å². The molecule has 0 aliphatic heterocycles. The minimum Gasteiger partial charge on any atom is -0.271 e. The van der Waals surface area contributed by atoms with Crippen LogP contribution in [0.3, 0.4) is 0 Å². The lowest BCUT2D eigenvalue weighted by Gasteiger charge is -2.17. The summed E-state index contributed by atoms with van der Waals surface area (Å²) in [5, 5.41) is 7.79. The first-order valence-corrected chi connectivity index (χ1v) is 6.18. The minimum atomic E-state index is -0.474. The Kier molecular flexibility index (Phi) is 3.96. The molecule has 0 saturated carbocycles. The summed E-state index contributed by atoms with van der Waals surface area (Å²) in [7, 11) is 1.74. The van der Waals surface area contributed by atoms with Crippen molar-refractivity contribution in [3.8, 4) is 0 Å². The summed E-state index contributed by atoms with van der Waals surface area (Å²) >= 11 is 9.05. The van der Waals surface area contributed by atoms with Gasteiger partial charge in [-0.1, -0.05) is 22.9 Å². The minimum absolute atomic E-state index is 0.0407. The molecule has 1 aromatic carbocycles. The van der Waals surface area contributed by atoms with Gasteiger partial charge in [0.25, 0.3) is 0 Å². The highest BCUT2D eigenvalue weighted by Crippen LogP contribution is 2.28. The predicted molar refractivity (Wildman–Crippen MR) is 69.3 cm³/mol. The van der Waals surface area contributed by atoms with Gasteiger partial charge in [0, 0.05) is 7.05 Å². The second-order valence-electron chi connectivity index (χ2n) is 3.66. The molecule has 0 fully saturated rings. The van der Waals surface area contributed by atoms with Crippen molar-refractivity contribution in [2.24, 2.45) is 12.9 Å². The summed E-state index contributed by atoms with van der Waals surface area (Å²) in [5.41, 5.74) is 4.08. The summed E-state index contributed by atoms with van der Waals surface area (Å²) in [4.78, 5) is 0. The van der Waals surface area contributed by atoms with E-state index in [1.807, 2.05) is 0 Å². The summed E-state index contributed by atoms with van der Waals surface area (Å²) in [6, 6.07) is 4.02. The Morgan fingerprint density at radius 1 is 1.56 bits per heavy atom. The van der Waals surface area contributed by atoms with E-state index in [0.717, 1.165) is 11.3 Å². The molecule has 0 bridgehead atoms. The van der Waals surface area contributed by atoms with Crippen LogP contribution in [0, 0.1) is 5.82 Å². The second-order valence-corrected chi connectivity index (χ2v) is 4.82. The van der Waals surface area contributed by atoms with Gasteiger partial charge in [-0.3, -0.25) is 5.84 Å². The van der Waals surface area contributed by atoms with Crippen LogP contribution in [0.15, 0.2) is 22.8 Å². The Balaban J connectivity index is 2.48. The number of nitrogens with one attached hydrogen (secondary N) is 1. The lowest BCUT2D eigenvalue weighted by Crippen LogP contribution is -2.30. The van der Waals surface area contributed by atoms with E-state index in [0.29, 0.717) is 4.60 Å². The predicted octanol–water partition coefficient (Wildman–Crippen LogP) is 1.92. The molecule has 5 nitrogen and oxygen atoms in total. The Hall–Kier alpha value is -1.02. The van der Waals surface area contributed by atoms with Gasteiger partial charge in [0.1, 0.15) is 5.82 Å². The molecule has 2 aromatic rings. The van der Waals surface area contributed by atoms with Crippen molar-refractivity contribution in [3.05, 3.63) is 44.9 Å². The number of benzene rings is 1. The topological polar surface area (TPSA) is 68.8 Å². The van der Waals surface area contributed by atoms with E-state index < -0.39 is 11.9 Å². The second kappa shape index (κ2) is 5.31. The van der Waals surface area contributed by atoms with E-state index in [2.05, 4.69) is 31.7 Å². The summed E-state index contributed by atoms with van der Waals surface area (Å²) in [5.74, 6) is 5.07. The Labute approximate surface area is 116 Å². The first kappa shape index (κ1) is 13.4. The first-order chi connectivity index (χ1) is 8.54. The van der Waals surface area contributed by atoms with E-state index in [-0.39, 0.29) is 5.02 Å². The SMILES string of the molecule is Cn1nnc(Br)c1C(NN)c1ccc(F)c(Cl)c1. The normalized spacial score (nSPS) is 12.7. The van der Waals surface area contributed by atoms with Crippen LogP contribution < -0.4 is 11.3 Å². The fraction of sp³-hybridized carbons (Fsp3) is 0.200. The van der Waals surface area contributed by atoms with E-state index in [1.54, 1.807) is 17.8 Å². The molecule has 1 heterocycles. The average Bonchev–Trinajstić information content (AvgIpc) is 2.66. The number of hydrogen-bond acceptors (Lipinski definition) is 4. The molecule has 0 aliphatic carbocycles. The van der Waals surface area contributed by atoms with Crippen molar-refractivity contribution in [2.75, 3.05) is 0 Å². The lowest BCUT2D eigenvalue weighted by molar-refractivity contribution is 0.566. The van der Waals surface area contributed by atoms with Crippen LogP contribution in [-0.2, 0) is 7.05 Å². The fourth-order valence-corrected chi connectivity index (χ4v) is 2.42. The van der Waals surface area contributed by atoms with Gasteiger partial charge in [-0.15, -0.1) is 5.10 Å². The molecule has 1 aromatic heterocycles. The molecule has 96 valence electrons. The van der Waals surface area contributed by atoms with Crippen molar-refractivity contribution < 1.29 is 4.39 Å².